The topological polar surface area (TPSA) is 51.3 Å². The van der Waals surface area contributed by atoms with E-state index in [9.17, 15) is 0 Å². The van der Waals surface area contributed by atoms with Crippen LogP contribution in [0.3, 0.4) is 0 Å². The number of pyridine rings is 1. The van der Waals surface area contributed by atoms with E-state index in [4.69, 9.17) is 5.73 Å². The molecule has 0 saturated carbocycles. The maximum absolute atomic E-state index is 5.62. The maximum Gasteiger partial charge on any atom is 0.160 e. The molecular weight excluding hydrogens is 206 g/mol. The number of nitrogens with zero attached hydrogens (tertiary/aromatic N) is 2. The first-order valence-electron chi connectivity index (χ1n) is 4.52. The van der Waals surface area contributed by atoms with E-state index in [1.54, 1.807) is 0 Å². The van der Waals surface area contributed by atoms with Crippen LogP contribution in [0.1, 0.15) is 0 Å². The number of aromatic nitrogens is 1. The highest BCUT2D eigenvalue weighted by molar-refractivity contribution is 8.13. The molecule has 0 unspecified atom stereocenters. The lowest BCUT2D eigenvalue weighted by molar-refractivity contribution is 1.30. The van der Waals surface area contributed by atoms with Gasteiger partial charge in [0.2, 0.25) is 0 Å². The molecule has 0 radical (unpaired) electrons. The molecule has 76 valence electrons. The Morgan fingerprint density at radius 2 is 2.07 bits per heavy atom. The molecule has 1 aromatic carbocycles. The Hall–Kier alpha value is -1.55. The fourth-order valence-electron chi connectivity index (χ4n) is 1.29. The lowest BCUT2D eigenvalue weighted by atomic mass is 10.2. The van der Waals surface area contributed by atoms with Gasteiger partial charge in [0, 0.05) is 11.6 Å². The van der Waals surface area contributed by atoms with E-state index in [0.29, 0.717) is 11.0 Å². The van der Waals surface area contributed by atoms with Gasteiger partial charge in [0.05, 0.1) is 0 Å². The van der Waals surface area contributed by atoms with Gasteiger partial charge in [-0.2, -0.15) is 0 Å². The molecule has 0 atom stereocenters. The molecule has 1 aromatic heterocycles. The Labute approximate surface area is 92.4 Å². The molecular formula is C11H11N3S. The number of aliphatic imine (C=N–C) groups is 1. The Bertz CT molecular complexity index is 508. The molecule has 0 aliphatic carbocycles. The second kappa shape index (κ2) is 4.31. The van der Waals surface area contributed by atoms with Gasteiger partial charge in [-0.3, -0.25) is 0 Å². The van der Waals surface area contributed by atoms with E-state index >= 15 is 0 Å². The third kappa shape index (κ3) is 2.27. The van der Waals surface area contributed by atoms with Crippen LogP contribution < -0.4 is 5.73 Å². The molecule has 0 spiro atoms. The van der Waals surface area contributed by atoms with Crippen molar-refractivity contribution in [1.82, 2.24) is 4.98 Å². The zero-order valence-corrected chi connectivity index (χ0v) is 9.16. The molecule has 2 N–H and O–H groups in total. The Balaban J connectivity index is 2.47. The van der Waals surface area contributed by atoms with Gasteiger partial charge in [0.15, 0.2) is 11.0 Å². The largest absolute Gasteiger partial charge is 0.378 e. The van der Waals surface area contributed by atoms with Gasteiger partial charge in [-0.15, -0.1) is 0 Å². The molecule has 15 heavy (non-hydrogen) atoms. The van der Waals surface area contributed by atoms with E-state index in [1.165, 1.54) is 11.8 Å². The van der Waals surface area contributed by atoms with Crippen LogP contribution in [-0.2, 0) is 0 Å². The number of benzene rings is 1. The van der Waals surface area contributed by atoms with E-state index in [0.717, 1.165) is 10.8 Å². The van der Waals surface area contributed by atoms with Crippen molar-refractivity contribution in [2.45, 2.75) is 0 Å². The second-order valence-electron chi connectivity index (χ2n) is 3.04. The van der Waals surface area contributed by atoms with Crippen LogP contribution >= 0.6 is 11.8 Å². The Morgan fingerprint density at radius 3 is 2.80 bits per heavy atom. The number of nitrogens with two attached hydrogens (primary N) is 1. The lowest BCUT2D eigenvalue weighted by Crippen LogP contribution is -2.04. The van der Waals surface area contributed by atoms with Crippen molar-refractivity contribution in [1.29, 1.82) is 0 Å². The molecule has 3 nitrogen and oxygen atoms in total. The number of amidine groups is 1. The smallest absolute Gasteiger partial charge is 0.160 e. The summed E-state index contributed by atoms with van der Waals surface area (Å²) < 4.78 is 0. The third-order valence-electron chi connectivity index (χ3n) is 2.05. The fourth-order valence-corrected chi connectivity index (χ4v) is 1.48. The minimum Gasteiger partial charge on any atom is -0.378 e. The summed E-state index contributed by atoms with van der Waals surface area (Å²) in [6.45, 7) is 0. The first-order valence-corrected chi connectivity index (χ1v) is 5.75. The quantitative estimate of drug-likeness (QED) is 0.590. The van der Waals surface area contributed by atoms with Gasteiger partial charge in [-0.05, 0) is 17.7 Å². The van der Waals surface area contributed by atoms with Crippen LogP contribution in [0.4, 0.5) is 5.82 Å². The summed E-state index contributed by atoms with van der Waals surface area (Å²) in [4.78, 5) is 8.39. The van der Waals surface area contributed by atoms with E-state index in [1.807, 2.05) is 42.8 Å². The number of hydrogen-bond acceptors (Lipinski definition) is 3. The van der Waals surface area contributed by atoms with E-state index in [2.05, 4.69) is 9.98 Å². The monoisotopic (exact) mass is 217 g/mol. The SMILES string of the molecule is CSC(N)=Nc1cc2ccccc2cn1. The van der Waals surface area contributed by atoms with Gasteiger partial charge >= 0.3 is 0 Å². The summed E-state index contributed by atoms with van der Waals surface area (Å²) in [7, 11) is 0. The van der Waals surface area contributed by atoms with Crippen LogP contribution in [0.2, 0.25) is 0 Å². The number of fused-ring (bicyclic) bond motifs is 1. The predicted octanol–water partition coefficient (Wildman–Crippen LogP) is 2.54. The number of rotatable bonds is 1. The summed E-state index contributed by atoms with van der Waals surface area (Å²) in [5, 5.41) is 2.76. The van der Waals surface area contributed by atoms with Crippen molar-refractivity contribution in [3.63, 3.8) is 0 Å². The zero-order chi connectivity index (χ0) is 10.7. The van der Waals surface area contributed by atoms with Crippen LogP contribution in [-0.4, -0.2) is 16.4 Å². The van der Waals surface area contributed by atoms with Crippen LogP contribution in [0, 0.1) is 0 Å². The van der Waals surface area contributed by atoms with Gasteiger partial charge in [-0.25, -0.2) is 9.98 Å². The minimum atomic E-state index is 0.526. The normalized spacial score (nSPS) is 11.9. The first-order chi connectivity index (χ1) is 7.29. The summed E-state index contributed by atoms with van der Waals surface area (Å²) in [5.41, 5.74) is 5.62. The molecule has 0 aliphatic heterocycles. The molecule has 1 heterocycles. The number of thioether (sulfide) groups is 1. The van der Waals surface area contributed by atoms with Gasteiger partial charge in [0.25, 0.3) is 0 Å². The van der Waals surface area contributed by atoms with Crippen molar-refractivity contribution in [3.05, 3.63) is 36.5 Å². The Morgan fingerprint density at radius 1 is 1.33 bits per heavy atom. The van der Waals surface area contributed by atoms with Crippen molar-refractivity contribution in [2.75, 3.05) is 6.26 Å². The van der Waals surface area contributed by atoms with Gasteiger partial charge < -0.3 is 5.73 Å². The molecule has 0 bridgehead atoms. The van der Waals surface area contributed by atoms with Gasteiger partial charge in [0.1, 0.15) is 0 Å². The average Bonchev–Trinajstić information content (AvgIpc) is 2.29. The van der Waals surface area contributed by atoms with E-state index < -0.39 is 0 Å². The molecule has 0 saturated heterocycles. The van der Waals surface area contributed by atoms with E-state index in [-0.39, 0.29) is 0 Å². The predicted molar refractivity (Wildman–Crippen MR) is 66.5 cm³/mol. The summed E-state index contributed by atoms with van der Waals surface area (Å²) >= 11 is 1.41. The standard InChI is InChI=1S/C11H11N3S/c1-15-11(12)14-10-6-8-4-2-3-5-9(8)7-13-10/h2-7H,1H3,(H2,12,13,14). The first kappa shape index (κ1) is 9.98. The van der Waals surface area contributed by atoms with Crippen molar-refractivity contribution in [2.24, 2.45) is 10.7 Å². The highest BCUT2D eigenvalue weighted by Gasteiger charge is 1.96. The van der Waals surface area contributed by atoms with Crippen LogP contribution in [0.5, 0.6) is 0 Å². The average molecular weight is 217 g/mol. The van der Waals surface area contributed by atoms with Crippen LogP contribution in [0.25, 0.3) is 10.8 Å². The molecule has 2 rings (SSSR count). The molecule has 2 aromatic rings. The maximum atomic E-state index is 5.62. The number of hydrogen-bond donors (Lipinski definition) is 1. The zero-order valence-electron chi connectivity index (χ0n) is 8.34. The second-order valence-corrected chi connectivity index (χ2v) is 3.87. The lowest BCUT2D eigenvalue weighted by Gasteiger charge is -1.99. The van der Waals surface area contributed by atoms with Gasteiger partial charge in [-0.1, -0.05) is 36.0 Å². The molecule has 4 heteroatoms. The molecule has 0 amide bonds. The summed E-state index contributed by atoms with van der Waals surface area (Å²) in [6.07, 6.45) is 3.70. The molecule has 0 aliphatic rings. The fraction of sp³-hybridized carbons (Fsp3) is 0.0909. The summed E-state index contributed by atoms with van der Waals surface area (Å²) in [6, 6.07) is 9.97. The highest BCUT2D eigenvalue weighted by Crippen LogP contribution is 2.18. The van der Waals surface area contributed by atoms with Crippen molar-refractivity contribution >= 4 is 33.5 Å². The third-order valence-corrected chi connectivity index (χ3v) is 2.56. The minimum absolute atomic E-state index is 0.526. The molecule has 0 fully saturated rings. The van der Waals surface area contributed by atoms with Crippen molar-refractivity contribution < 1.29 is 0 Å². The van der Waals surface area contributed by atoms with Crippen molar-refractivity contribution in [3.8, 4) is 0 Å². The summed E-state index contributed by atoms with van der Waals surface area (Å²) in [5.74, 6) is 0.653. The highest BCUT2D eigenvalue weighted by atomic mass is 32.2. The Kier molecular flexibility index (Phi) is 2.87. The van der Waals surface area contributed by atoms with Crippen LogP contribution in [0.15, 0.2) is 41.5 Å².